The van der Waals surface area contributed by atoms with E-state index in [2.05, 4.69) is 10.1 Å². The molecule has 5 heteroatoms. The van der Waals surface area contributed by atoms with Crippen molar-refractivity contribution in [2.75, 3.05) is 14.2 Å². The minimum absolute atomic E-state index is 0.258. The maximum atomic E-state index is 5.36. The van der Waals surface area contributed by atoms with Crippen molar-refractivity contribution in [2.24, 2.45) is 5.16 Å². The third-order valence-corrected chi connectivity index (χ3v) is 3.12. The highest BCUT2D eigenvalue weighted by Crippen LogP contribution is 2.28. The van der Waals surface area contributed by atoms with E-state index < -0.39 is 0 Å². The van der Waals surface area contributed by atoms with Crippen LogP contribution in [0.25, 0.3) is 0 Å². The van der Waals surface area contributed by atoms with E-state index in [1.165, 1.54) is 0 Å². The first-order valence-electron chi connectivity index (χ1n) is 6.94. The van der Waals surface area contributed by atoms with E-state index >= 15 is 0 Å². The SMILES string of the molecule is COc1cccc(OC)c1CON=Cc1cc(C)cc(C)n1. The third kappa shape index (κ3) is 3.97. The number of hydrogen-bond donors (Lipinski definition) is 0. The van der Waals surface area contributed by atoms with Crippen molar-refractivity contribution in [3.63, 3.8) is 0 Å². The molecule has 1 heterocycles. The Morgan fingerprint density at radius 1 is 1.09 bits per heavy atom. The fourth-order valence-electron chi connectivity index (χ4n) is 2.20. The van der Waals surface area contributed by atoms with Gasteiger partial charge in [0, 0.05) is 5.69 Å². The number of aromatic nitrogens is 1. The molecular formula is C17H20N2O3. The highest BCUT2D eigenvalue weighted by atomic mass is 16.6. The van der Waals surface area contributed by atoms with Gasteiger partial charge in [0.25, 0.3) is 0 Å². The van der Waals surface area contributed by atoms with Gasteiger partial charge in [0.15, 0.2) is 0 Å². The average molecular weight is 300 g/mol. The Bertz CT molecular complexity index is 626. The maximum absolute atomic E-state index is 5.36. The number of oxime groups is 1. The number of rotatable bonds is 6. The van der Waals surface area contributed by atoms with Crippen LogP contribution in [0.4, 0.5) is 0 Å². The summed E-state index contributed by atoms with van der Waals surface area (Å²) in [7, 11) is 3.22. The van der Waals surface area contributed by atoms with Gasteiger partial charge in [-0.2, -0.15) is 0 Å². The Kier molecular flexibility index (Phi) is 5.36. The first-order valence-corrected chi connectivity index (χ1v) is 6.94. The highest BCUT2D eigenvalue weighted by molar-refractivity contribution is 5.76. The molecule has 0 aliphatic carbocycles. The van der Waals surface area contributed by atoms with Gasteiger partial charge in [0.2, 0.25) is 0 Å². The van der Waals surface area contributed by atoms with Gasteiger partial charge in [-0.05, 0) is 43.7 Å². The minimum Gasteiger partial charge on any atom is -0.496 e. The lowest BCUT2D eigenvalue weighted by atomic mass is 10.2. The Labute approximate surface area is 130 Å². The van der Waals surface area contributed by atoms with Crippen LogP contribution in [0.2, 0.25) is 0 Å². The van der Waals surface area contributed by atoms with Gasteiger partial charge in [-0.1, -0.05) is 11.2 Å². The molecule has 2 aromatic rings. The zero-order chi connectivity index (χ0) is 15.9. The fraction of sp³-hybridized carbons (Fsp3) is 0.294. The van der Waals surface area contributed by atoms with Gasteiger partial charge in [-0.3, -0.25) is 4.98 Å². The summed E-state index contributed by atoms with van der Waals surface area (Å²) in [5.41, 5.74) is 3.68. The number of nitrogens with zero attached hydrogens (tertiary/aromatic N) is 2. The second-order valence-corrected chi connectivity index (χ2v) is 4.86. The lowest BCUT2D eigenvalue weighted by Gasteiger charge is -2.11. The summed E-state index contributed by atoms with van der Waals surface area (Å²) in [6, 6.07) is 9.54. The third-order valence-electron chi connectivity index (χ3n) is 3.12. The summed E-state index contributed by atoms with van der Waals surface area (Å²) >= 11 is 0. The van der Waals surface area contributed by atoms with Crippen LogP contribution in [0.5, 0.6) is 11.5 Å². The van der Waals surface area contributed by atoms with Gasteiger partial charge in [-0.25, -0.2) is 0 Å². The number of hydrogen-bond acceptors (Lipinski definition) is 5. The Hall–Kier alpha value is -2.56. The molecule has 1 aromatic carbocycles. The van der Waals surface area contributed by atoms with Crippen molar-refractivity contribution in [1.82, 2.24) is 4.98 Å². The second-order valence-electron chi connectivity index (χ2n) is 4.86. The van der Waals surface area contributed by atoms with E-state index in [9.17, 15) is 0 Å². The lowest BCUT2D eigenvalue weighted by molar-refractivity contribution is 0.127. The average Bonchev–Trinajstić information content (AvgIpc) is 2.50. The molecule has 0 radical (unpaired) electrons. The normalized spacial score (nSPS) is 10.7. The number of ether oxygens (including phenoxy) is 2. The summed E-state index contributed by atoms with van der Waals surface area (Å²) in [5, 5.41) is 3.97. The summed E-state index contributed by atoms with van der Waals surface area (Å²) in [5.74, 6) is 1.41. The number of methoxy groups -OCH3 is 2. The summed E-state index contributed by atoms with van der Waals surface area (Å²) in [6.07, 6.45) is 1.60. The first kappa shape index (κ1) is 15.8. The summed E-state index contributed by atoms with van der Waals surface area (Å²) < 4.78 is 10.6. The molecule has 116 valence electrons. The van der Waals surface area contributed by atoms with E-state index in [1.54, 1.807) is 20.4 Å². The predicted molar refractivity (Wildman–Crippen MR) is 85.6 cm³/mol. The first-order chi connectivity index (χ1) is 10.6. The van der Waals surface area contributed by atoms with Crippen LogP contribution in [0.15, 0.2) is 35.5 Å². The van der Waals surface area contributed by atoms with Gasteiger partial charge < -0.3 is 14.3 Å². The topological polar surface area (TPSA) is 52.9 Å². The van der Waals surface area contributed by atoms with Crippen LogP contribution in [-0.4, -0.2) is 25.4 Å². The van der Waals surface area contributed by atoms with Gasteiger partial charge in [0.1, 0.15) is 18.1 Å². The highest BCUT2D eigenvalue weighted by Gasteiger charge is 2.09. The lowest BCUT2D eigenvalue weighted by Crippen LogP contribution is -1.98. The van der Waals surface area contributed by atoms with Crippen molar-refractivity contribution in [2.45, 2.75) is 20.5 Å². The van der Waals surface area contributed by atoms with E-state index in [-0.39, 0.29) is 6.61 Å². The van der Waals surface area contributed by atoms with E-state index in [4.69, 9.17) is 14.3 Å². The Morgan fingerprint density at radius 3 is 2.36 bits per heavy atom. The molecule has 0 aliphatic rings. The fourth-order valence-corrected chi connectivity index (χ4v) is 2.20. The molecule has 2 rings (SSSR count). The largest absolute Gasteiger partial charge is 0.496 e. The van der Waals surface area contributed by atoms with Crippen molar-refractivity contribution >= 4 is 6.21 Å². The molecule has 0 unspecified atom stereocenters. The van der Waals surface area contributed by atoms with Crippen LogP contribution in [0.3, 0.4) is 0 Å². The van der Waals surface area contributed by atoms with Crippen molar-refractivity contribution in [3.05, 3.63) is 52.8 Å². The smallest absolute Gasteiger partial charge is 0.149 e. The number of benzene rings is 1. The van der Waals surface area contributed by atoms with Crippen LogP contribution >= 0.6 is 0 Å². The summed E-state index contributed by atoms with van der Waals surface area (Å²) in [4.78, 5) is 9.73. The maximum Gasteiger partial charge on any atom is 0.149 e. The quantitative estimate of drug-likeness (QED) is 0.607. The molecule has 0 aliphatic heterocycles. The molecule has 0 N–H and O–H groups in total. The van der Waals surface area contributed by atoms with Gasteiger partial charge >= 0.3 is 0 Å². The van der Waals surface area contributed by atoms with E-state index in [0.717, 1.165) is 22.5 Å². The van der Waals surface area contributed by atoms with Crippen molar-refractivity contribution in [1.29, 1.82) is 0 Å². The van der Waals surface area contributed by atoms with Crippen LogP contribution < -0.4 is 9.47 Å². The Balaban J connectivity index is 2.06. The van der Waals surface area contributed by atoms with Crippen molar-refractivity contribution < 1.29 is 14.3 Å². The van der Waals surface area contributed by atoms with Crippen LogP contribution in [0.1, 0.15) is 22.5 Å². The zero-order valence-corrected chi connectivity index (χ0v) is 13.3. The molecule has 0 saturated carbocycles. The standard InChI is InChI=1S/C17H20N2O3/c1-12-8-13(2)19-14(9-12)10-18-22-11-15-16(20-3)6-5-7-17(15)21-4/h5-10H,11H2,1-4H3. The molecular weight excluding hydrogens is 280 g/mol. The van der Waals surface area contributed by atoms with Crippen LogP contribution in [0, 0.1) is 13.8 Å². The van der Waals surface area contributed by atoms with Gasteiger partial charge in [-0.15, -0.1) is 0 Å². The monoisotopic (exact) mass is 300 g/mol. The Morgan fingerprint density at radius 2 is 1.77 bits per heavy atom. The molecule has 0 bridgehead atoms. The second kappa shape index (κ2) is 7.45. The molecule has 0 saturated heterocycles. The van der Waals surface area contributed by atoms with E-state index in [0.29, 0.717) is 11.5 Å². The minimum atomic E-state index is 0.258. The number of pyridine rings is 1. The molecule has 1 aromatic heterocycles. The zero-order valence-electron chi connectivity index (χ0n) is 13.3. The molecule has 22 heavy (non-hydrogen) atoms. The van der Waals surface area contributed by atoms with E-state index in [1.807, 2.05) is 44.2 Å². The molecule has 0 amide bonds. The molecule has 0 fully saturated rings. The molecule has 0 spiro atoms. The number of aryl methyl sites for hydroxylation is 2. The molecule has 5 nitrogen and oxygen atoms in total. The van der Waals surface area contributed by atoms with Crippen LogP contribution in [-0.2, 0) is 11.4 Å². The summed E-state index contributed by atoms with van der Waals surface area (Å²) in [6.45, 7) is 4.23. The molecule has 0 atom stereocenters. The van der Waals surface area contributed by atoms with Crippen molar-refractivity contribution in [3.8, 4) is 11.5 Å². The van der Waals surface area contributed by atoms with Gasteiger partial charge in [0.05, 0.1) is 31.7 Å². The predicted octanol–water partition coefficient (Wildman–Crippen LogP) is 3.27.